The highest BCUT2D eigenvalue weighted by atomic mass is 35.5. The molecule has 4 N–H and O–H groups in total. The Hall–Kier alpha value is -2.80. The van der Waals surface area contributed by atoms with Gasteiger partial charge in [-0.1, -0.05) is 31.2 Å². The zero-order valence-corrected chi connectivity index (χ0v) is 16.6. The average molecular weight is 390 g/mol. The summed E-state index contributed by atoms with van der Waals surface area (Å²) < 4.78 is 0. The van der Waals surface area contributed by atoms with Crippen molar-refractivity contribution in [2.24, 2.45) is 10.9 Å². The summed E-state index contributed by atoms with van der Waals surface area (Å²) in [5.41, 5.74) is 2.41. The molecule has 0 aromatic rings. The van der Waals surface area contributed by atoms with Gasteiger partial charge in [0.25, 0.3) is 5.91 Å². The van der Waals surface area contributed by atoms with E-state index >= 15 is 0 Å². The fourth-order valence-corrected chi connectivity index (χ4v) is 3.21. The third kappa shape index (κ3) is 5.34. The van der Waals surface area contributed by atoms with E-state index in [0.29, 0.717) is 27.8 Å². The van der Waals surface area contributed by atoms with Gasteiger partial charge in [-0.3, -0.25) is 14.6 Å². The van der Waals surface area contributed by atoms with Gasteiger partial charge in [0.05, 0.1) is 11.6 Å². The Bertz CT molecular complexity index is 820. The van der Waals surface area contributed by atoms with Crippen LogP contribution >= 0.6 is 11.6 Å². The third-order valence-corrected chi connectivity index (χ3v) is 4.29. The highest BCUT2D eigenvalue weighted by Crippen LogP contribution is 2.25. The highest BCUT2D eigenvalue weighted by molar-refractivity contribution is 6.30. The normalized spacial score (nSPS) is 24.2. The van der Waals surface area contributed by atoms with Crippen molar-refractivity contribution >= 4 is 29.6 Å². The summed E-state index contributed by atoms with van der Waals surface area (Å²) in [6, 6.07) is -0.308. The molecule has 8 heteroatoms. The summed E-state index contributed by atoms with van der Waals surface area (Å²) in [4.78, 5) is 28.1. The quantitative estimate of drug-likeness (QED) is 0.435. The van der Waals surface area contributed by atoms with Crippen LogP contribution in [0.15, 0.2) is 63.3 Å². The van der Waals surface area contributed by atoms with Crippen LogP contribution in [0.5, 0.6) is 0 Å². The topological polar surface area (TPSA) is 94.6 Å². The molecule has 0 aromatic carbocycles. The minimum Gasteiger partial charge on any atom is -0.348 e. The molecule has 2 aliphatic rings. The van der Waals surface area contributed by atoms with Crippen LogP contribution in [-0.4, -0.2) is 31.1 Å². The predicted octanol–water partition coefficient (Wildman–Crippen LogP) is 1.79. The van der Waals surface area contributed by atoms with Crippen molar-refractivity contribution in [1.29, 1.82) is 0 Å². The summed E-state index contributed by atoms with van der Waals surface area (Å²) in [6.07, 6.45) is 6.78. The smallest absolute Gasteiger partial charge is 0.260 e. The molecule has 144 valence electrons. The van der Waals surface area contributed by atoms with Crippen LogP contribution < -0.4 is 21.3 Å². The van der Waals surface area contributed by atoms with Gasteiger partial charge in [0.15, 0.2) is 0 Å². The lowest BCUT2D eigenvalue weighted by Crippen LogP contribution is -2.41. The second-order valence-corrected chi connectivity index (χ2v) is 6.86. The van der Waals surface area contributed by atoms with E-state index in [9.17, 15) is 9.59 Å². The van der Waals surface area contributed by atoms with Gasteiger partial charge in [-0.15, -0.1) is 0 Å². The van der Waals surface area contributed by atoms with Gasteiger partial charge < -0.3 is 21.3 Å². The fourth-order valence-electron chi connectivity index (χ4n) is 2.84. The molecule has 1 aliphatic carbocycles. The number of nitrogens with one attached hydrogen (secondary N) is 4. The van der Waals surface area contributed by atoms with Crippen molar-refractivity contribution in [3.63, 3.8) is 0 Å². The van der Waals surface area contributed by atoms with Gasteiger partial charge >= 0.3 is 0 Å². The zero-order valence-electron chi connectivity index (χ0n) is 15.8. The third-order valence-electron chi connectivity index (χ3n) is 3.95. The molecule has 0 aromatic heterocycles. The lowest BCUT2D eigenvalue weighted by Gasteiger charge is -2.27. The van der Waals surface area contributed by atoms with Crippen LogP contribution in [0, 0.1) is 5.92 Å². The maximum absolute atomic E-state index is 12.8. The highest BCUT2D eigenvalue weighted by Gasteiger charge is 2.25. The van der Waals surface area contributed by atoms with Gasteiger partial charge in [0, 0.05) is 48.2 Å². The molecular weight excluding hydrogens is 366 g/mol. The molecule has 2 rings (SSSR count). The summed E-state index contributed by atoms with van der Waals surface area (Å²) >= 11 is 6.30. The number of hydrogen-bond acceptors (Lipinski definition) is 5. The molecule has 7 nitrogen and oxygen atoms in total. The molecule has 0 radical (unpaired) electrons. The summed E-state index contributed by atoms with van der Waals surface area (Å²) in [7, 11) is 1.59. The summed E-state index contributed by atoms with van der Waals surface area (Å²) in [5.74, 6) is -0.0916. The van der Waals surface area contributed by atoms with Crippen LogP contribution in [0.25, 0.3) is 0 Å². The van der Waals surface area contributed by atoms with Crippen molar-refractivity contribution in [3.05, 3.63) is 58.3 Å². The van der Waals surface area contributed by atoms with Crippen LogP contribution in [0.2, 0.25) is 0 Å². The van der Waals surface area contributed by atoms with Crippen molar-refractivity contribution in [2.75, 3.05) is 7.05 Å². The summed E-state index contributed by atoms with van der Waals surface area (Å²) in [6.45, 7) is 9.10. The van der Waals surface area contributed by atoms with Crippen molar-refractivity contribution in [1.82, 2.24) is 21.3 Å². The number of allylic oxidation sites excluding steroid dienone is 3. The number of carbonyl (C=O) groups is 2. The van der Waals surface area contributed by atoms with Gasteiger partial charge in [0.1, 0.15) is 5.82 Å². The second kappa shape index (κ2) is 8.73. The van der Waals surface area contributed by atoms with Crippen LogP contribution in [-0.2, 0) is 9.59 Å². The number of halogens is 1. The molecule has 1 aliphatic heterocycles. The van der Waals surface area contributed by atoms with Crippen molar-refractivity contribution < 1.29 is 9.59 Å². The van der Waals surface area contributed by atoms with Crippen molar-refractivity contribution in [3.8, 4) is 0 Å². The Balaban J connectivity index is 2.23. The van der Waals surface area contributed by atoms with Crippen LogP contribution in [0.3, 0.4) is 0 Å². The van der Waals surface area contributed by atoms with Gasteiger partial charge in [0.2, 0.25) is 5.91 Å². The molecule has 2 unspecified atom stereocenters. The summed E-state index contributed by atoms with van der Waals surface area (Å²) in [5, 5.41) is 12.2. The number of aliphatic imine (C=N–C) groups is 1. The second-order valence-electron chi connectivity index (χ2n) is 6.42. The standard InChI is InChI=1S/C19H24ClN5O2/c1-10-6-14(8-16(20)17(10)24-13(4)26)25-19(27)15(9-21-5)18-22-11(2)7-12(3)23-18/h6-10,17,22-23H,2H2,1,3-5H3,(H,24,26)(H,25,27)/b18-15+,21-9?. The number of amides is 2. The monoisotopic (exact) mass is 389 g/mol. The van der Waals surface area contributed by atoms with Gasteiger partial charge in [-0.05, 0) is 19.1 Å². The van der Waals surface area contributed by atoms with Gasteiger partial charge in [-0.2, -0.15) is 0 Å². The molecule has 0 saturated carbocycles. The van der Waals surface area contributed by atoms with E-state index in [-0.39, 0.29) is 23.8 Å². The predicted molar refractivity (Wildman–Crippen MR) is 108 cm³/mol. The first-order chi connectivity index (χ1) is 12.7. The van der Waals surface area contributed by atoms with Crippen LogP contribution in [0.4, 0.5) is 0 Å². The Kier molecular flexibility index (Phi) is 6.63. The first kappa shape index (κ1) is 20.5. The fraction of sp³-hybridized carbons (Fsp3) is 0.316. The van der Waals surface area contributed by atoms with E-state index in [1.165, 1.54) is 13.1 Å². The Morgan fingerprint density at radius 3 is 2.59 bits per heavy atom. The molecule has 0 spiro atoms. The molecular formula is C19H24ClN5O2. The van der Waals surface area contributed by atoms with E-state index in [1.807, 2.05) is 26.0 Å². The SMILES string of the molecule is C=C1C=C(C)N/C(=C(\C=NC)C(=O)NC2=CC(C)C(NC(C)=O)C(Cl)=C2)N1. The maximum Gasteiger partial charge on any atom is 0.260 e. The first-order valence-corrected chi connectivity index (χ1v) is 8.84. The Morgan fingerprint density at radius 1 is 1.33 bits per heavy atom. The minimum absolute atomic E-state index is 0.0754. The average Bonchev–Trinajstić information content (AvgIpc) is 2.54. The molecule has 1 heterocycles. The molecule has 0 bridgehead atoms. The van der Waals surface area contributed by atoms with E-state index in [2.05, 4.69) is 32.8 Å². The number of nitrogens with zero attached hydrogens (tertiary/aromatic N) is 1. The van der Waals surface area contributed by atoms with E-state index in [1.54, 1.807) is 13.1 Å². The van der Waals surface area contributed by atoms with E-state index in [4.69, 9.17) is 11.6 Å². The molecule has 0 fully saturated rings. The molecule has 0 saturated heterocycles. The zero-order chi connectivity index (χ0) is 20.1. The Labute approximate surface area is 164 Å². The first-order valence-electron chi connectivity index (χ1n) is 8.46. The molecule has 2 amide bonds. The number of carbonyl (C=O) groups excluding carboxylic acids is 2. The number of hydrogen-bond donors (Lipinski definition) is 4. The molecule has 27 heavy (non-hydrogen) atoms. The number of rotatable bonds is 4. The van der Waals surface area contributed by atoms with E-state index in [0.717, 1.165) is 5.70 Å². The maximum atomic E-state index is 12.8. The lowest BCUT2D eigenvalue weighted by molar-refractivity contribution is -0.119. The minimum atomic E-state index is -0.352. The van der Waals surface area contributed by atoms with Crippen LogP contribution in [0.1, 0.15) is 20.8 Å². The van der Waals surface area contributed by atoms with Gasteiger partial charge in [-0.25, -0.2) is 0 Å². The van der Waals surface area contributed by atoms with Crippen molar-refractivity contribution in [2.45, 2.75) is 26.8 Å². The Morgan fingerprint density at radius 2 is 2.04 bits per heavy atom. The molecule has 2 atom stereocenters. The largest absolute Gasteiger partial charge is 0.348 e. The van der Waals surface area contributed by atoms with E-state index < -0.39 is 0 Å². The lowest BCUT2D eigenvalue weighted by atomic mass is 9.95.